The molecule has 0 aliphatic carbocycles. The van der Waals surface area contributed by atoms with Crippen LogP contribution in [0, 0.1) is 11.8 Å². The van der Waals surface area contributed by atoms with E-state index in [1.165, 1.54) is 10.9 Å². The summed E-state index contributed by atoms with van der Waals surface area (Å²) in [5.74, 6) is 4.78. The van der Waals surface area contributed by atoms with Crippen LogP contribution in [0.3, 0.4) is 0 Å². The molecule has 27 heavy (non-hydrogen) atoms. The molecule has 2 N–H and O–H groups in total. The maximum atomic E-state index is 11.6. The molecule has 0 radical (unpaired) electrons. The Morgan fingerprint density at radius 2 is 2.07 bits per heavy atom. The van der Waals surface area contributed by atoms with Crippen LogP contribution in [0.15, 0.2) is 48.8 Å². The summed E-state index contributed by atoms with van der Waals surface area (Å²) in [5, 5.41) is 3.94. The van der Waals surface area contributed by atoms with Gasteiger partial charge in [-0.15, -0.1) is 0 Å². The zero-order valence-corrected chi connectivity index (χ0v) is 16.0. The van der Waals surface area contributed by atoms with Crippen LogP contribution < -0.4 is 5.32 Å². The van der Waals surface area contributed by atoms with E-state index in [2.05, 4.69) is 45.3 Å². The number of nitrogens with one attached hydrogen (secondary N) is 2. The lowest BCUT2D eigenvalue weighted by Crippen LogP contribution is -2.08. The predicted octanol–water partition coefficient (Wildman–Crippen LogP) is 4.46. The lowest BCUT2D eigenvalue weighted by Gasteiger charge is -2.07. The highest BCUT2D eigenvalue weighted by atomic mass is 32.1. The number of benzene rings is 1. The zero-order valence-electron chi connectivity index (χ0n) is 15.2. The molecule has 3 rings (SSSR count). The lowest BCUT2D eigenvalue weighted by molar-refractivity contribution is -0.111. The van der Waals surface area contributed by atoms with Crippen molar-refractivity contribution in [2.24, 2.45) is 0 Å². The number of aromatic amines is 1. The molecule has 0 bridgehead atoms. The molecule has 0 unspecified atom stereocenters. The predicted molar refractivity (Wildman–Crippen MR) is 114 cm³/mol. The standard InChI is InChI=1S/C22H21N3OS/c1-2-4-21(26)25-18-6-3-5-16(15-18)7-9-19(27)10-8-17-11-13-23-22-20(17)12-14-24-22/h3,5-6,11-15H,7-10H2,1H3,(H,23,24)(H,25,26). The monoisotopic (exact) mass is 375 g/mol. The van der Waals surface area contributed by atoms with E-state index >= 15 is 0 Å². The summed E-state index contributed by atoms with van der Waals surface area (Å²) in [6.45, 7) is 1.64. The minimum atomic E-state index is -0.293. The molecule has 2 heterocycles. The van der Waals surface area contributed by atoms with E-state index in [1.54, 1.807) is 6.92 Å². The van der Waals surface area contributed by atoms with Crippen molar-refractivity contribution in [2.45, 2.75) is 32.6 Å². The van der Waals surface area contributed by atoms with Crippen LogP contribution in [-0.2, 0) is 17.6 Å². The molecular weight excluding hydrogens is 354 g/mol. The molecule has 0 atom stereocenters. The van der Waals surface area contributed by atoms with Crippen molar-refractivity contribution < 1.29 is 4.79 Å². The Morgan fingerprint density at radius 3 is 2.93 bits per heavy atom. The number of thiocarbonyl (C=S) groups is 1. The molecule has 1 amide bonds. The van der Waals surface area contributed by atoms with Crippen molar-refractivity contribution in [3.8, 4) is 11.8 Å². The van der Waals surface area contributed by atoms with Crippen molar-refractivity contribution in [1.29, 1.82) is 0 Å². The molecule has 0 saturated carbocycles. The molecule has 0 aliphatic heterocycles. The van der Waals surface area contributed by atoms with E-state index in [9.17, 15) is 4.79 Å². The fourth-order valence-electron chi connectivity index (χ4n) is 3.00. The van der Waals surface area contributed by atoms with Gasteiger partial charge in [-0.05, 0) is 78.8 Å². The summed E-state index contributed by atoms with van der Waals surface area (Å²) in [6, 6.07) is 11.9. The second-order valence-corrected chi connectivity index (χ2v) is 6.86. The Bertz CT molecular complexity index is 1030. The first kappa shape index (κ1) is 18.8. The Balaban J connectivity index is 1.52. The average Bonchev–Trinajstić information content (AvgIpc) is 3.14. The summed E-state index contributed by atoms with van der Waals surface area (Å²) < 4.78 is 0. The number of carbonyl (C=O) groups excluding carboxylic acids is 1. The molecule has 5 heteroatoms. The van der Waals surface area contributed by atoms with Crippen LogP contribution in [-0.4, -0.2) is 20.7 Å². The summed E-state index contributed by atoms with van der Waals surface area (Å²) in [6.07, 6.45) is 7.25. The maximum Gasteiger partial charge on any atom is 0.300 e. The number of H-pyrrole nitrogens is 1. The van der Waals surface area contributed by atoms with Crippen LogP contribution in [0.4, 0.5) is 5.69 Å². The van der Waals surface area contributed by atoms with Gasteiger partial charge in [0.25, 0.3) is 5.91 Å². The van der Waals surface area contributed by atoms with Gasteiger partial charge in [-0.3, -0.25) is 4.79 Å². The van der Waals surface area contributed by atoms with Gasteiger partial charge in [0.2, 0.25) is 0 Å². The number of aryl methyl sites for hydroxylation is 2. The van der Waals surface area contributed by atoms with Crippen LogP contribution in [0.5, 0.6) is 0 Å². The first-order valence-corrected chi connectivity index (χ1v) is 9.32. The maximum absolute atomic E-state index is 11.6. The second kappa shape index (κ2) is 9.11. The largest absolute Gasteiger partial charge is 0.346 e. The molecular formula is C22H21N3OS. The number of hydrogen-bond donors (Lipinski definition) is 2. The smallest absolute Gasteiger partial charge is 0.300 e. The summed E-state index contributed by atoms with van der Waals surface area (Å²) in [7, 11) is 0. The minimum Gasteiger partial charge on any atom is -0.346 e. The van der Waals surface area contributed by atoms with Gasteiger partial charge in [0.15, 0.2) is 0 Å². The highest BCUT2D eigenvalue weighted by Crippen LogP contribution is 2.18. The van der Waals surface area contributed by atoms with Crippen molar-refractivity contribution in [3.05, 3.63) is 59.9 Å². The number of carbonyl (C=O) groups is 1. The number of anilines is 1. The molecule has 136 valence electrons. The van der Waals surface area contributed by atoms with Crippen LogP contribution in [0.2, 0.25) is 0 Å². The van der Waals surface area contributed by atoms with Gasteiger partial charge in [-0.1, -0.05) is 30.3 Å². The number of hydrogen-bond acceptors (Lipinski definition) is 3. The number of amides is 1. The van der Waals surface area contributed by atoms with Crippen molar-refractivity contribution in [3.63, 3.8) is 0 Å². The molecule has 4 nitrogen and oxygen atoms in total. The quantitative estimate of drug-likeness (QED) is 0.473. The summed E-state index contributed by atoms with van der Waals surface area (Å²) >= 11 is 5.58. The van der Waals surface area contributed by atoms with Gasteiger partial charge < -0.3 is 10.3 Å². The normalized spacial score (nSPS) is 10.3. The van der Waals surface area contributed by atoms with Crippen molar-refractivity contribution in [2.75, 3.05) is 5.32 Å². The number of aromatic nitrogens is 2. The van der Waals surface area contributed by atoms with Gasteiger partial charge in [-0.25, -0.2) is 4.98 Å². The first-order chi connectivity index (χ1) is 13.2. The fourth-order valence-corrected chi connectivity index (χ4v) is 3.20. The van der Waals surface area contributed by atoms with Gasteiger partial charge in [0.1, 0.15) is 5.65 Å². The summed E-state index contributed by atoms with van der Waals surface area (Å²) in [5.41, 5.74) is 4.10. The molecule has 2 aromatic heterocycles. The van der Waals surface area contributed by atoms with E-state index in [4.69, 9.17) is 12.2 Å². The molecule has 0 spiro atoms. The van der Waals surface area contributed by atoms with E-state index in [0.29, 0.717) is 0 Å². The molecule has 3 aromatic rings. The Hall–Kier alpha value is -2.97. The van der Waals surface area contributed by atoms with E-state index in [-0.39, 0.29) is 5.91 Å². The fraction of sp³-hybridized carbons (Fsp3) is 0.227. The lowest BCUT2D eigenvalue weighted by atomic mass is 10.0. The van der Waals surface area contributed by atoms with Crippen molar-refractivity contribution >= 4 is 39.7 Å². The topological polar surface area (TPSA) is 57.8 Å². The van der Waals surface area contributed by atoms with Gasteiger partial charge >= 0.3 is 0 Å². The van der Waals surface area contributed by atoms with Gasteiger partial charge in [-0.2, -0.15) is 0 Å². The van der Waals surface area contributed by atoms with Gasteiger partial charge in [0.05, 0.1) is 0 Å². The van der Waals surface area contributed by atoms with E-state index in [1.807, 2.05) is 30.6 Å². The number of fused-ring (bicyclic) bond motifs is 1. The van der Waals surface area contributed by atoms with E-state index in [0.717, 1.165) is 47.4 Å². The Morgan fingerprint density at radius 1 is 1.22 bits per heavy atom. The average molecular weight is 375 g/mol. The third-order valence-electron chi connectivity index (χ3n) is 4.34. The third kappa shape index (κ3) is 5.25. The second-order valence-electron chi connectivity index (χ2n) is 6.28. The number of nitrogens with zero attached hydrogens (tertiary/aromatic N) is 1. The number of pyridine rings is 1. The van der Waals surface area contributed by atoms with Crippen molar-refractivity contribution in [1.82, 2.24) is 9.97 Å². The highest BCUT2D eigenvalue weighted by Gasteiger charge is 2.06. The third-order valence-corrected chi connectivity index (χ3v) is 4.75. The Kier molecular flexibility index (Phi) is 6.35. The van der Waals surface area contributed by atoms with E-state index < -0.39 is 0 Å². The SMILES string of the molecule is CC#CC(=O)Nc1cccc(CCC(=S)CCc2ccnc3[nH]ccc23)c1. The minimum absolute atomic E-state index is 0.293. The van der Waals surface area contributed by atoms with Crippen LogP contribution in [0.1, 0.15) is 30.9 Å². The zero-order chi connectivity index (χ0) is 19.1. The first-order valence-electron chi connectivity index (χ1n) is 8.91. The van der Waals surface area contributed by atoms with Crippen LogP contribution >= 0.6 is 12.2 Å². The number of rotatable bonds is 7. The van der Waals surface area contributed by atoms with Gasteiger partial charge in [0, 0.05) is 23.5 Å². The Labute approximate surface area is 164 Å². The van der Waals surface area contributed by atoms with Crippen LogP contribution in [0.25, 0.3) is 11.0 Å². The highest BCUT2D eigenvalue weighted by molar-refractivity contribution is 7.80. The summed E-state index contributed by atoms with van der Waals surface area (Å²) in [4.78, 5) is 20.1. The molecule has 1 aromatic carbocycles. The molecule has 0 saturated heterocycles. The molecule has 0 aliphatic rings. The molecule has 0 fully saturated rings.